The van der Waals surface area contributed by atoms with Gasteiger partial charge in [-0.1, -0.05) is 47.7 Å². The van der Waals surface area contributed by atoms with Crippen molar-refractivity contribution in [1.29, 1.82) is 0 Å². The van der Waals surface area contributed by atoms with Crippen LogP contribution in [0.25, 0.3) is 0 Å². The first kappa shape index (κ1) is 23.5. The maximum absolute atomic E-state index is 12.5. The molecule has 0 bridgehead atoms. The van der Waals surface area contributed by atoms with E-state index in [0.29, 0.717) is 35.4 Å². The molecule has 0 aliphatic rings. The van der Waals surface area contributed by atoms with Gasteiger partial charge in [0, 0.05) is 12.2 Å². The van der Waals surface area contributed by atoms with Gasteiger partial charge in [0.15, 0.2) is 11.0 Å². The Morgan fingerprint density at radius 2 is 1.91 bits per heavy atom. The summed E-state index contributed by atoms with van der Waals surface area (Å²) < 4.78 is 6.91. The van der Waals surface area contributed by atoms with Gasteiger partial charge < -0.3 is 20.4 Å². The summed E-state index contributed by atoms with van der Waals surface area (Å²) in [5.74, 6) is 0.153. The van der Waals surface area contributed by atoms with Crippen LogP contribution in [-0.4, -0.2) is 39.0 Å². The lowest BCUT2D eigenvalue weighted by molar-refractivity contribution is -0.113. The zero-order valence-electron chi connectivity index (χ0n) is 18.4. The number of carbonyl (C=O) groups excluding carboxylic acids is 2. The van der Waals surface area contributed by atoms with Gasteiger partial charge in [-0.15, -0.1) is 10.2 Å². The number of rotatable bonds is 9. The van der Waals surface area contributed by atoms with E-state index in [-0.39, 0.29) is 11.7 Å². The second kappa shape index (κ2) is 10.9. The van der Waals surface area contributed by atoms with Crippen molar-refractivity contribution < 1.29 is 14.3 Å². The summed E-state index contributed by atoms with van der Waals surface area (Å²) in [6, 6.07) is 14.2. The average molecular weight is 454 g/mol. The molecule has 0 saturated carbocycles. The lowest BCUT2D eigenvalue weighted by atomic mass is 10.1. The van der Waals surface area contributed by atoms with Crippen molar-refractivity contribution in [3.05, 3.63) is 71.0 Å². The highest BCUT2D eigenvalue weighted by Crippen LogP contribution is 2.24. The molecule has 8 nitrogen and oxygen atoms in total. The number of nitrogens with zero attached hydrogens (tertiary/aromatic N) is 3. The van der Waals surface area contributed by atoms with Gasteiger partial charge in [0.1, 0.15) is 0 Å². The molecule has 1 unspecified atom stereocenters. The molecule has 0 aliphatic carbocycles. The van der Waals surface area contributed by atoms with Crippen LogP contribution in [0.1, 0.15) is 47.2 Å². The van der Waals surface area contributed by atoms with Crippen LogP contribution in [-0.2, 0) is 16.1 Å². The first-order chi connectivity index (χ1) is 15.4. The number of benzene rings is 2. The third-order valence-corrected chi connectivity index (χ3v) is 5.73. The molecule has 0 radical (unpaired) electrons. The predicted molar refractivity (Wildman–Crippen MR) is 125 cm³/mol. The molecule has 0 fully saturated rings. The Kier molecular flexibility index (Phi) is 8.02. The number of hydrogen-bond acceptors (Lipinski definition) is 7. The SMILES string of the molecule is CCOC(=O)c1cccc(NC(=O)CSc2nnc(C(N)c3ccc(C)cc3)n2CC)c1. The number of aryl methyl sites for hydroxylation is 1. The number of anilines is 1. The molecule has 2 aromatic carbocycles. The van der Waals surface area contributed by atoms with E-state index < -0.39 is 12.0 Å². The van der Waals surface area contributed by atoms with Gasteiger partial charge in [-0.05, 0) is 44.5 Å². The van der Waals surface area contributed by atoms with Gasteiger partial charge in [0.05, 0.1) is 24.0 Å². The van der Waals surface area contributed by atoms with Crippen LogP contribution in [0.4, 0.5) is 5.69 Å². The molecule has 3 rings (SSSR count). The van der Waals surface area contributed by atoms with E-state index in [1.54, 1.807) is 31.2 Å². The van der Waals surface area contributed by atoms with E-state index in [1.165, 1.54) is 11.8 Å². The minimum Gasteiger partial charge on any atom is -0.462 e. The van der Waals surface area contributed by atoms with E-state index in [0.717, 1.165) is 11.1 Å². The highest BCUT2D eigenvalue weighted by atomic mass is 32.2. The maximum Gasteiger partial charge on any atom is 0.338 e. The Morgan fingerprint density at radius 3 is 2.59 bits per heavy atom. The molecule has 3 N–H and O–H groups in total. The first-order valence-corrected chi connectivity index (χ1v) is 11.4. The van der Waals surface area contributed by atoms with E-state index in [2.05, 4.69) is 15.5 Å². The second-order valence-electron chi connectivity index (χ2n) is 7.11. The highest BCUT2D eigenvalue weighted by molar-refractivity contribution is 7.99. The Bertz CT molecular complexity index is 1080. The summed E-state index contributed by atoms with van der Waals surface area (Å²) in [6.07, 6.45) is 0. The molecule has 1 aromatic heterocycles. The minimum absolute atomic E-state index is 0.140. The van der Waals surface area contributed by atoms with Crippen LogP contribution in [0.2, 0.25) is 0 Å². The van der Waals surface area contributed by atoms with Crippen LogP contribution in [0.5, 0.6) is 0 Å². The number of carbonyl (C=O) groups is 2. The van der Waals surface area contributed by atoms with Crippen molar-refractivity contribution >= 4 is 29.3 Å². The van der Waals surface area contributed by atoms with Crippen molar-refractivity contribution in [2.45, 2.75) is 38.5 Å². The second-order valence-corrected chi connectivity index (χ2v) is 8.05. The monoisotopic (exact) mass is 453 g/mol. The van der Waals surface area contributed by atoms with Crippen molar-refractivity contribution in [3.63, 3.8) is 0 Å². The molecular formula is C23H27N5O3S. The minimum atomic E-state index is -0.425. The summed E-state index contributed by atoms with van der Waals surface area (Å²) >= 11 is 1.28. The van der Waals surface area contributed by atoms with Gasteiger partial charge in [-0.2, -0.15) is 0 Å². The molecule has 1 heterocycles. The summed E-state index contributed by atoms with van der Waals surface area (Å²) in [5.41, 5.74) is 9.45. The molecule has 1 atom stereocenters. The molecule has 1 amide bonds. The first-order valence-electron chi connectivity index (χ1n) is 10.4. The molecule has 0 spiro atoms. The smallest absolute Gasteiger partial charge is 0.338 e. The largest absolute Gasteiger partial charge is 0.462 e. The van der Waals surface area contributed by atoms with Gasteiger partial charge >= 0.3 is 5.97 Å². The molecule has 168 valence electrons. The Hall–Kier alpha value is -3.17. The number of amides is 1. The Labute approximate surface area is 191 Å². The quantitative estimate of drug-likeness (QED) is 0.376. The summed E-state index contributed by atoms with van der Waals surface area (Å²) in [5, 5.41) is 11.9. The van der Waals surface area contributed by atoms with Crippen molar-refractivity contribution in [1.82, 2.24) is 14.8 Å². The Morgan fingerprint density at radius 1 is 1.16 bits per heavy atom. The molecule has 0 aliphatic heterocycles. The van der Waals surface area contributed by atoms with Crippen molar-refractivity contribution in [2.75, 3.05) is 17.7 Å². The van der Waals surface area contributed by atoms with Crippen LogP contribution in [0.15, 0.2) is 53.7 Å². The third-order valence-electron chi connectivity index (χ3n) is 4.77. The Balaban J connectivity index is 1.64. The lowest BCUT2D eigenvalue weighted by Gasteiger charge is -2.14. The lowest BCUT2D eigenvalue weighted by Crippen LogP contribution is -2.18. The van der Waals surface area contributed by atoms with E-state index >= 15 is 0 Å². The fourth-order valence-corrected chi connectivity index (χ4v) is 3.93. The fourth-order valence-electron chi connectivity index (χ4n) is 3.12. The number of ether oxygens (including phenoxy) is 1. The van der Waals surface area contributed by atoms with Crippen molar-refractivity contribution in [2.24, 2.45) is 5.73 Å². The van der Waals surface area contributed by atoms with Crippen LogP contribution >= 0.6 is 11.8 Å². The summed E-state index contributed by atoms with van der Waals surface area (Å²) in [7, 11) is 0. The number of nitrogens with one attached hydrogen (secondary N) is 1. The van der Waals surface area contributed by atoms with E-state index in [1.807, 2.05) is 42.7 Å². The number of aromatic nitrogens is 3. The average Bonchev–Trinajstić information content (AvgIpc) is 3.21. The normalized spacial score (nSPS) is 11.8. The van der Waals surface area contributed by atoms with E-state index in [4.69, 9.17) is 10.5 Å². The number of esters is 1. The molecular weight excluding hydrogens is 426 g/mol. The third kappa shape index (κ3) is 5.74. The summed E-state index contributed by atoms with van der Waals surface area (Å²) in [4.78, 5) is 24.3. The molecule has 32 heavy (non-hydrogen) atoms. The summed E-state index contributed by atoms with van der Waals surface area (Å²) in [6.45, 7) is 6.68. The number of hydrogen-bond donors (Lipinski definition) is 2. The molecule has 0 saturated heterocycles. The predicted octanol–water partition coefficient (Wildman–Crippen LogP) is 3.56. The molecule has 3 aromatic rings. The van der Waals surface area contributed by atoms with Gasteiger partial charge in [0.25, 0.3) is 0 Å². The zero-order chi connectivity index (χ0) is 23.1. The number of nitrogens with two attached hydrogens (primary N) is 1. The standard InChI is InChI=1S/C23H27N5O3S/c1-4-28-21(20(24)16-11-9-15(3)10-12-16)26-27-23(28)32-14-19(29)25-18-8-6-7-17(13-18)22(30)31-5-2/h6-13,20H,4-5,14,24H2,1-3H3,(H,25,29). The van der Waals surface area contributed by atoms with Crippen molar-refractivity contribution in [3.8, 4) is 0 Å². The van der Waals surface area contributed by atoms with Gasteiger partial charge in [-0.25, -0.2) is 4.79 Å². The number of thioether (sulfide) groups is 1. The highest BCUT2D eigenvalue weighted by Gasteiger charge is 2.20. The fraction of sp³-hybridized carbons (Fsp3) is 0.304. The van der Waals surface area contributed by atoms with Crippen LogP contribution < -0.4 is 11.1 Å². The topological polar surface area (TPSA) is 112 Å². The van der Waals surface area contributed by atoms with Crippen LogP contribution in [0, 0.1) is 6.92 Å². The zero-order valence-corrected chi connectivity index (χ0v) is 19.2. The maximum atomic E-state index is 12.5. The van der Waals surface area contributed by atoms with Crippen LogP contribution in [0.3, 0.4) is 0 Å². The van der Waals surface area contributed by atoms with E-state index in [9.17, 15) is 9.59 Å². The molecule has 9 heteroatoms. The van der Waals surface area contributed by atoms with Gasteiger partial charge in [0.2, 0.25) is 5.91 Å². The van der Waals surface area contributed by atoms with Gasteiger partial charge in [-0.3, -0.25) is 4.79 Å².